The number of hydrogen-bond acceptors (Lipinski definition) is 1. The van der Waals surface area contributed by atoms with Crippen LogP contribution in [-0.2, 0) is 6.42 Å². The first kappa shape index (κ1) is 15.4. The van der Waals surface area contributed by atoms with Gasteiger partial charge in [-0.15, -0.1) is 0 Å². The van der Waals surface area contributed by atoms with E-state index in [1.807, 2.05) is 0 Å². The van der Waals surface area contributed by atoms with Gasteiger partial charge in [0.15, 0.2) is 0 Å². The third-order valence-corrected chi connectivity index (χ3v) is 4.87. The summed E-state index contributed by atoms with van der Waals surface area (Å²) in [7, 11) is 0. The van der Waals surface area contributed by atoms with Gasteiger partial charge in [-0.2, -0.15) is 0 Å². The predicted octanol–water partition coefficient (Wildman–Crippen LogP) is 5.72. The molecule has 1 saturated carbocycles. The summed E-state index contributed by atoms with van der Waals surface area (Å²) in [4.78, 5) is 0. The Hall–Kier alpha value is -0.980. The smallest absolute Gasteiger partial charge is 0.0404 e. The van der Waals surface area contributed by atoms with Crippen LogP contribution in [0.2, 0.25) is 0 Å². The Labute approximate surface area is 125 Å². The molecule has 1 aliphatic carbocycles. The van der Waals surface area contributed by atoms with Crippen molar-refractivity contribution >= 4 is 5.69 Å². The molecule has 1 N–H and O–H groups in total. The largest absolute Gasteiger partial charge is 0.382 e. The highest BCUT2D eigenvalue weighted by atomic mass is 14.9. The number of benzene rings is 1. The van der Waals surface area contributed by atoms with Gasteiger partial charge in [0.2, 0.25) is 0 Å². The number of para-hydroxylation sites is 1. The maximum atomic E-state index is 3.87. The van der Waals surface area contributed by atoms with Crippen LogP contribution in [0.3, 0.4) is 0 Å². The van der Waals surface area contributed by atoms with Crippen molar-refractivity contribution in [3.05, 3.63) is 29.3 Å². The van der Waals surface area contributed by atoms with E-state index in [2.05, 4.69) is 44.3 Å². The summed E-state index contributed by atoms with van der Waals surface area (Å²) in [5.74, 6) is 0.981. The van der Waals surface area contributed by atoms with Gasteiger partial charge in [0, 0.05) is 11.7 Å². The Balaban J connectivity index is 2.00. The van der Waals surface area contributed by atoms with Gasteiger partial charge in [0.05, 0.1) is 0 Å². The van der Waals surface area contributed by atoms with E-state index in [1.54, 1.807) is 0 Å². The lowest BCUT2D eigenvalue weighted by Gasteiger charge is -2.22. The molecular formula is C19H31N. The highest BCUT2D eigenvalue weighted by molar-refractivity contribution is 5.57. The van der Waals surface area contributed by atoms with E-state index in [0.29, 0.717) is 6.04 Å². The monoisotopic (exact) mass is 273 g/mol. The lowest BCUT2D eigenvalue weighted by atomic mass is 9.95. The van der Waals surface area contributed by atoms with Gasteiger partial charge in [-0.3, -0.25) is 0 Å². The molecule has 1 nitrogen and oxygen atoms in total. The third-order valence-electron chi connectivity index (χ3n) is 4.87. The summed E-state index contributed by atoms with van der Waals surface area (Å²) in [6.45, 7) is 6.81. The molecule has 112 valence electrons. The number of aryl methyl sites for hydroxylation is 2. The van der Waals surface area contributed by atoms with Gasteiger partial charge in [0.1, 0.15) is 0 Å². The molecule has 0 saturated heterocycles. The average Bonchev–Trinajstić information content (AvgIpc) is 2.67. The Morgan fingerprint density at radius 2 is 1.95 bits per heavy atom. The van der Waals surface area contributed by atoms with Crippen molar-refractivity contribution < 1.29 is 0 Å². The van der Waals surface area contributed by atoms with Crippen LogP contribution >= 0.6 is 0 Å². The first-order valence-electron chi connectivity index (χ1n) is 8.59. The normalized spacial score (nSPS) is 23.4. The molecule has 1 aromatic carbocycles. The SMILES string of the molecule is CCCC1CCCC(Nc2c(C)cccc2CC)CC1. The fraction of sp³-hybridized carbons (Fsp3) is 0.684. The van der Waals surface area contributed by atoms with Crippen LogP contribution in [0.1, 0.15) is 69.9 Å². The van der Waals surface area contributed by atoms with Gasteiger partial charge in [-0.1, -0.05) is 57.7 Å². The molecular weight excluding hydrogens is 242 g/mol. The van der Waals surface area contributed by atoms with Crippen molar-refractivity contribution in [1.82, 2.24) is 0 Å². The average molecular weight is 273 g/mol. The molecule has 0 radical (unpaired) electrons. The zero-order valence-electron chi connectivity index (χ0n) is 13.5. The lowest BCUT2D eigenvalue weighted by molar-refractivity contribution is 0.422. The fourth-order valence-electron chi connectivity index (χ4n) is 3.65. The van der Waals surface area contributed by atoms with E-state index < -0.39 is 0 Å². The Morgan fingerprint density at radius 1 is 1.10 bits per heavy atom. The van der Waals surface area contributed by atoms with Crippen LogP contribution in [0.25, 0.3) is 0 Å². The van der Waals surface area contributed by atoms with E-state index in [9.17, 15) is 0 Å². The molecule has 0 heterocycles. The van der Waals surface area contributed by atoms with Gasteiger partial charge in [-0.25, -0.2) is 0 Å². The minimum Gasteiger partial charge on any atom is -0.382 e. The summed E-state index contributed by atoms with van der Waals surface area (Å²) < 4.78 is 0. The second-order valence-electron chi connectivity index (χ2n) is 6.47. The summed E-state index contributed by atoms with van der Waals surface area (Å²) in [5, 5.41) is 3.87. The van der Waals surface area contributed by atoms with Crippen LogP contribution in [0, 0.1) is 12.8 Å². The predicted molar refractivity (Wildman–Crippen MR) is 89.5 cm³/mol. The third kappa shape index (κ3) is 4.01. The molecule has 0 aliphatic heterocycles. The minimum absolute atomic E-state index is 0.684. The molecule has 0 spiro atoms. The molecule has 0 aromatic heterocycles. The molecule has 1 heteroatoms. The summed E-state index contributed by atoms with van der Waals surface area (Å²) >= 11 is 0. The molecule has 2 rings (SSSR count). The van der Waals surface area contributed by atoms with Crippen molar-refractivity contribution in [3.63, 3.8) is 0 Å². The zero-order chi connectivity index (χ0) is 14.4. The van der Waals surface area contributed by atoms with Crippen LogP contribution in [0.15, 0.2) is 18.2 Å². The maximum Gasteiger partial charge on any atom is 0.0404 e. The molecule has 20 heavy (non-hydrogen) atoms. The number of hydrogen-bond donors (Lipinski definition) is 1. The number of anilines is 1. The molecule has 1 aromatic rings. The molecule has 2 atom stereocenters. The van der Waals surface area contributed by atoms with Crippen molar-refractivity contribution in [2.24, 2.45) is 5.92 Å². The van der Waals surface area contributed by atoms with E-state index in [-0.39, 0.29) is 0 Å². The first-order valence-corrected chi connectivity index (χ1v) is 8.59. The topological polar surface area (TPSA) is 12.0 Å². The summed E-state index contributed by atoms with van der Waals surface area (Å²) in [5.41, 5.74) is 4.28. The highest BCUT2D eigenvalue weighted by Gasteiger charge is 2.19. The maximum absolute atomic E-state index is 3.87. The van der Waals surface area contributed by atoms with Crippen LogP contribution < -0.4 is 5.32 Å². The minimum atomic E-state index is 0.684. The van der Waals surface area contributed by atoms with Gasteiger partial charge in [0.25, 0.3) is 0 Å². The molecule has 0 amide bonds. The van der Waals surface area contributed by atoms with E-state index in [0.717, 1.165) is 12.3 Å². The first-order chi connectivity index (χ1) is 9.74. The molecule has 1 aliphatic rings. The van der Waals surface area contributed by atoms with Crippen molar-refractivity contribution in [2.75, 3.05) is 5.32 Å². The Bertz CT molecular complexity index is 410. The Morgan fingerprint density at radius 3 is 2.70 bits per heavy atom. The van der Waals surface area contributed by atoms with Gasteiger partial charge < -0.3 is 5.32 Å². The lowest BCUT2D eigenvalue weighted by Crippen LogP contribution is -2.20. The standard InChI is InChI=1S/C19H31N/c1-4-8-16-10-7-12-18(14-13-16)20-19-15(3)9-6-11-17(19)5-2/h6,9,11,16,18,20H,4-5,7-8,10,12-14H2,1-3H3. The van der Waals surface area contributed by atoms with E-state index in [4.69, 9.17) is 0 Å². The second-order valence-corrected chi connectivity index (χ2v) is 6.47. The van der Waals surface area contributed by atoms with Gasteiger partial charge >= 0.3 is 0 Å². The van der Waals surface area contributed by atoms with E-state index in [1.165, 1.54) is 61.8 Å². The fourth-order valence-corrected chi connectivity index (χ4v) is 3.65. The Kier molecular flexibility index (Phi) is 5.94. The summed E-state index contributed by atoms with van der Waals surface area (Å²) in [6, 6.07) is 7.37. The van der Waals surface area contributed by atoms with Crippen molar-refractivity contribution in [2.45, 2.75) is 78.2 Å². The zero-order valence-corrected chi connectivity index (χ0v) is 13.5. The van der Waals surface area contributed by atoms with Crippen molar-refractivity contribution in [3.8, 4) is 0 Å². The highest BCUT2D eigenvalue weighted by Crippen LogP contribution is 2.30. The summed E-state index contributed by atoms with van der Waals surface area (Å²) in [6.07, 6.45) is 10.8. The molecule has 0 bridgehead atoms. The quantitative estimate of drug-likeness (QED) is 0.677. The van der Waals surface area contributed by atoms with Crippen LogP contribution in [-0.4, -0.2) is 6.04 Å². The van der Waals surface area contributed by atoms with E-state index >= 15 is 0 Å². The van der Waals surface area contributed by atoms with Crippen LogP contribution in [0.4, 0.5) is 5.69 Å². The number of rotatable bonds is 5. The van der Waals surface area contributed by atoms with Crippen molar-refractivity contribution in [1.29, 1.82) is 0 Å². The van der Waals surface area contributed by atoms with Crippen LogP contribution in [0.5, 0.6) is 0 Å². The van der Waals surface area contributed by atoms with Gasteiger partial charge in [-0.05, 0) is 49.7 Å². The molecule has 1 fully saturated rings. The number of nitrogens with one attached hydrogen (secondary N) is 1. The molecule has 2 unspecified atom stereocenters. The second kappa shape index (κ2) is 7.71.